The minimum atomic E-state index is -0.404. The van der Waals surface area contributed by atoms with Crippen molar-refractivity contribution in [1.82, 2.24) is 0 Å². The normalized spacial score (nSPS) is 15.7. The van der Waals surface area contributed by atoms with Crippen LogP contribution in [0.4, 0.5) is 5.00 Å². The van der Waals surface area contributed by atoms with E-state index in [4.69, 9.17) is 4.74 Å². The zero-order valence-electron chi connectivity index (χ0n) is 13.6. The number of nitrogens with zero attached hydrogens (tertiary/aromatic N) is 2. The molecule has 23 heavy (non-hydrogen) atoms. The summed E-state index contributed by atoms with van der Waals surface area (Å²) in [6, 6.07) is 10.0. The SMILES string of the molecule is Cc1cc(C)cc(C2=NC(=Cc3ccc(N(C)C)s3)C(=O)O2)c1. The molecule has 1 aromatic heterocycles. The topological polar surface area (TPSA) is 41.9 Å². The van der Waals surface area contributed by atoms with Crippen LogP contribution in [-0.4, -0.2) is 26.0 Å². The molecule has 0 N–H and O–H groups in total. The van der Waals surface area contributed by atoms with E-state index in [2.05, 4.69) is 11.1 Å². The van der Waals surface area contributed by atoms with Crippen molar-refractivity contribution in [3.63, 3.8) is 0 Å². The van der Waals surface area contributed by atoms with E-state index in [1.807, 2.05) is 57.1 Å². The molecule has 0 atom stereocenters. The second kappa shape index (κ2) is 6.01. The predicted molar refractivity (Wildman–Crippen MR) is 95.2 cm³/mol. The fourth-order valence-electron chi connectivity index (χ4n) is 2.43. The number of aryl methyl sites for hydroxylation is 2. The van der Waals surface area contributed by atoms with Gasteiger partial charge in [-0.15, -0.1) is 11.3 Å². The number of esters is 1. The molecule has 0 fully saturated rings. The number of hydrogen-bond acceptors (Lipinski definition) is 5. The Labute approximate surface area is 139 Å². The van der Waals surface area contributed by atoms with Crippen LogP contribution in [0.5, 0.6) is 0 Å². The molecule has 0 saturated heterocycles. The molecule has 2 aromatic rings. The first-order valence-corrected chi connectivity index (χ1v) is 8.12. The third-order valence-electron chi connectivity index (χ3n) is 3.42. The lowest BCUT2D eigenvalue weighted by molar-refractivity contribution is -0.129. The molecular formula is C18H18N2O2S. The van der Waals surface area contributed by atoms with E-state index in [1.165, 1.54) is 0 Å². The van der Waals surface area contributed by atoms with Crippen molar-refractivity contribution in [2.45, 2.75) is 13.8 Å². The van der Waals surface area contributed by atoms with Crippen molar-refractivity contribution < 1.29 is 9.53 Å². The largest absolute Gasteiger partial charge is 0.402 e. The highest BCUT2D eigenvalue weighted by Crippen LogP contribution is 2.28. The van der Waals surface area contributed by atoms with Crippen LogP contribution >= 0.6 is 11.3 Å². The number of carbonyl (C=O) groups is 1. The molecule has 118 valence electrons. The highest BCUT2D eigenvalue weighted by atomic mass is 32.1. The van der Waals surface area contributed by atoms with Crippen molar-refractivity contribution in [3.05, 3.63) is 57.6 Å². The Hall–Kier alpha value is -2.40. The monoisotopic (exact) mass is 326 g/mol. The van der Waals surface area contributed by atoms with Crippen LogP contribution in [0, 0.1) is 13.8 Å². The maximum atomic E-state index is 12.1. The van der Waals surface area contributed by atoms with Gasteiger partial charge in [0.1, 0.15) is 0 Å². The summed E-state index contributed by atoms with van der Waals surface area (Å²) in [7, 11) is 3.98. The Morgan fingerprint density at radius 1 is 1.13 bits per heavy atom. The third-order valence-corrected chi connectivity index (χ3v) is 4.62. The van der Waals surface area contributed by atoms with E-state index in [-0.39, 0.29) is 0 Å². The van der Waals surface area contributed by atoms with Gasteiger partial charge < -0.3 is 9.64 Å². The quantitative estimate of drug-likeness (QED) is 0.637. The predicted octanol–water partition coefficient (Wildman–Crippen LogP) is 3.78. The maximum Gasteiger partial charge on any atom is 0.363 e. The van der Waals surface area contributed by atoms with Crippen LogP contribution in [0.2, 0.25) is 0 Å². The van der Waals surface area contributed by atoms with Gasteiger partial charge in [-0.1, -0.05) is 17.2 Å². The molecule has 1 aliphatic rings. The lowest BCUT2D eigenvalue weighted by atomic mass is 10.1. The number of carbonyl (C=O) groups excluding carboxylic acids is 1. The zero-order chi connectivity index (χ0) is 16.6. The van der Waals surface area contributed by atoms with Gasteiger partial charge in [0.2, 0.25) is 5.90 Å². The molecule has 0 unspecified atom stereocenters. The molecule has 1 aliphatic heterocycles. The van der Waals surface area contributed by atoms with Crippen molar-refractivity contribution in [2.75, 3.05) is 19.0 Å². The van der Waals surface area contributed by atoms with Crippen molar-refractivity contribution >= 4 is 34.3 Å². The van der Waals surface area contributed by atoms with Crippen LogP contribution in [0.1, 0.15) is 21.6 Å². The van der Waals surface area contributed by atoms with Crippen LogP contribution in [0.25, 0.3) is 6.08 Å². The molecule has 3 rings (SSSR count). The first kappa shape index (κ1) is 15.5. The van der Waals surface area contributed by atoms with Gasteiger partial charge in [-0.05, 0) is 44.2 Å². The number of thiophene rings is 1. The molecule has 1 aromatic carbocycles. The second-order valence-corrected chi connectivity index (χ2v) is 6.88. The third kappa shape index (κ3) is 3.35. The van der Waals surface area contributed by atoms with Crippen LogP contribution < -0.4 is 4.90 Å². The summed E-state index contributed by atoms with van der Waals surface area (Å²) in [6.45, 7) is 4.03. The number of benzene rings is 1. The highest BCUT2D eigenvalue weighted by Gasteiger charge is 2.24. The molecule has 0 amide bonds. The Morgan fingerprint density at radius 3 is 2.43 bits per heavy atom. The summed E-state index contributed by atoms with van der Waals surface area (Å²) in [5.41, 5.74) is 3.40. The number of hydrogen-bond donors (Lipinski definition) is 0. The Bertz CT molecular complexity index is 811. The van der Waals surface area contributed by atoms with Crippen molar-refractivity contribution in [1.29, 1.82) is 0 Å². The molecule has 0 saturated carbocycles. The Morgan fingerprint density at radius 2 is 1.83 bits per heavy atom. The number of ether oxygens (including phenoxy) is 1. The first-order chi connectivity index (χ1) is 10.9. The average Bonchev–Trinajstić information content (AvgIpc) is 3.06. The van der Waals surface area contributed by atoms with E-state index in [0.29, 0.717) is 11.6 Å². The van der Waals surface area contributed by atoms with Crippen molar-refractivity contribution in [3.8, 4) is 0 Å². The van der Waals surface area contributed by atoms with Gasteiger partial charge in [-0.25, -0.2) is 9.79 Å². The zero-order valence-corrected chi connectivity index (χ0v) is 14.4. The Kier molecular flexibility index (Phi) is 4.05. The molecule has 0 radical (unpaired) electrons. The molecular weight excluding hydrogens is 308 g/mol. The molecule has 5 heteroatoms. The van der Waals surface area contributed by atoms with Gasteiger partial charge in [0.15, 0.2) is 5.70 Å². The van der Waals surface area contributed by atoms with Gasteiger partial charge in [0, 0.05) is 24.5 Å². The van der Waals surface area contributed by atoms with Gasteiger partial charge in [0.05, 0.1) is 5.00 Å². The van der Waals surface area contributed by atoms with E-state index in [9.17, 15) is 4.79 Å². The number of rotatable bonds is 3. The number of anilines is 1. The lowest BCUT2D eigenvalue weighted by Gasteiger charge is -2.06. The van der Waals surface area contributed by atoms with Gasteiger partial charge >= 0.3 is 5.97 Å². The summed E-state index contributed by atoms with van der Waals surface area (Å²) in [5.74, 6) is -0.0311. The summed E-state index contributed by atoms with van der Waals surface area (Å²) < 4.78 is 5.33. The van der Waals surface area contributed by atoms with E-state index in [0.717, 1.165) is 26.6 Å². The second-order valence-electron chi connectivity index (χ2n) is 5.78. The summed E-state index contributed by atoms with van der Waals surface area (Å²) in [5, 5.41) is 1.13. The summed E-state index contributed by atoms with van der Waals surface area (Å²) in [4.78, 5) is 19.4. The number of aliphatic imine (C=N–C) groups is 1. The minimum absolute atomic E-state index is 0.339. The fourth-order valence-corrected chi connectivity index (χ4v) is 3.29. The number of cyclic esters (lactones) is 1. The smallest absolute Gasteiger partial charge is 0.363 e. The van der Waals surface area contributed by atoms with E-state index < -0.39 is 5.97 Å². The van der Waals surface area contributed by atoms with Crippen LogP contribution in [-0.2, 0) is 9.53 Å². The maximum absolute atomic E-state index is 12.1. The van der Waals surface area contributed by atoms with Crippen LogP contribution in [0.3, 0.4) is 0 Å². The Balaban J connectivity index is 1.92. The van der Waals surface area contributed by atoms with E-state index >= 15 is 0 Å². The standard InChI is InChI=1S/C18H18N2O2S/c1-11-7-12(2)9-13(8-11)17-19-15(18(21)22-17)10-14-5-6-16(23-14)20(3)4/h5-10H,1-4H3. The first-order valence-electron chi connectivity index (χ1n) is 7.31. The van der Waals surface area contributed by atoms with Crippen LogP contribution in [0.15, 0.2) is 41.0 Å². The summed E-state index contributed by atoms with van der Waals surface area (Å²) >= 11 is 1.60. The molecule has 0 aliphatic carbocycles. The molecule has 0 bridgehead atoms. The molecule has 4 nitrogen and oxygen atoms in total. The fraction of sp³-hybridized carbons (Fsp3) is 0.222. The lowest BCUT2D eigenvalue weighted by Crippen LogP contribution is -2.06. The molecule has 0 spiro atoms. The van der Waals surface area contributed by atoms with E-state index in [1.54, 1.807) is 17.4 Å². The van der Waals surface area contributed by atoms with Gasteiger partial charge in [-0.3, -0.25) is 0 Å². The minimum Gasteiger partial charge on any atom is -0.402 e. The highest BCUT2D eigenvalue weighted by molar-refractivity contribution is 7.16. The van der Waals surface area contributed by atoms with Gasteiger partial charge in [0.25, 0.3) is 0 Å². The average molecular weight is 326 g/mol. The van der Waals surface area contributed by atoms with Gasteiger partial charge in [-0.2, -0.15) is 0 Å². The van der Waals surface area contributed by atoms with Crippen molar-refractivity contribution in [2.24, 2.45) is 4.99 Å². The summed E-state index contributed by atoms with van der Waals surface area (Å²) in [6.07, 6.45) is 1.77. The molecule has 2 heterocycles.